The van der Waals surface area contributed by atoms with E-state index in [1.54, 1.807) is 12.1 Å². The second kappa shape index (κ2) is 9.12. The van der Waals surface area contributed by atoms with Crippen LogP contribution in [0.1, 0.15) is 13.8 Å². The summed E-state index contributed by atoms with van der Waals surface area (Å²) in [5.41, 5.74) is 1.58. The smallest absolute Gasteiger partial charge is 0.362 e. The molecule has 0 radical (unpaired) electrons. The Labute approximate surface area is 201 Å². The Morgan fingerprint density at radius 3 is 1.47 bits per heavy atom. The minimum absolute atomic E-state index is 0.0285. The van der Waals surface area contributed by atoms with Crippen molar-refractivity contribution in [2.24, 2.45) is 10.2 Å². The first-order chi connectivity index (χ1) is 16.0. The Hall–Kier alpha value is -2.76. The standard InChI is InChI=1S/C18H18N4O8S4/c1-3-21-13-7-5-11(29-33(23,24)25)9-15(13)31-17(21)19-20-18-22(4-2)14-8-6-12(10-16(14)32-18)30-34(26,27)28/h5-10H,3-4H2,1-2H3,(H,23,24,25)(H,26,27,28)/b19-17-,20-18+. The van der Waals surface area contributed by atoms with E-state index in [-0.39, 0.29) is 11.5 Å². The Morgan fingerprint density at radius 1 is 0.765 bits per heavy atom. The Balaban J connectivity index is 1.83. The number of fused-ring (bicyclic) bond motifs is 2. The Bertz CT molecular complexity index is 1610. The van der Waals surface area contributed by atoms with Gasteiger partial charge in [-0.2, -0.15) is 16.8 Å². The first-order valence-corrected chi connectivity index (χ1v) is 14.0. The van der Waals surface area contributed by atoms with Crippen molar-refractivity contribution in [3.8, 4) is 11.5 Å². The van der Waals surface area contributed by atoms with Crippen LogP contribution in [0.2, 0.25) is 0 Å². The zero-order chi connectivity index (χ0) is 24.7. The number of benzene rings is 2. The minimum atomic E-state index is -4.64. The van der Waals surface area contributed by atoms with Crippen LogP contribution in [0.25, 0.3) is 20.4 Å². The maximum absolute atomic E-state index is 11.0. The van der Waals surface area contributed by atoms with E-state index in [2.05, 4.69) is 18.6 Å². The van der Waals surface area contributed by atoms with Gasteiger partial charge in [0.25, 0.3) is 0 Å². The van der Waals surface area contributed by atoms with Gasteiger partial charge in [0.05, 0.1) is 20.4 Å². The van der Waals surface area contributed by atoms with E-state index in [4.69, 9.17) is 9.11 Å². The predicted molar refractivity (Wildman–Crippen MR) is 126 cm³/mol. The molecule has 182 valence electrons. The van der Waals surface area contributed by atoms with Crippen LogP contribution in [-0.4, -0.2) is 35.1 Å². The molecular weight excluding hydrogens is 528 g/mol. The number of nitrogens with zero attached hydrogens (tertiary/aromatic N) is 4. The van der Waals surface area contributed by atoms with E-state index >= 15 is 0 Å². The summed E-state index contributed by atoms with van der Waals surface area (Å²) >= 11 is 2.53. The molecule has 0 aliphatic carbocycles. The molecule has 12 nitrogen and oxygen atoms in total. The molecule has 0 atom stereocenters. The third-order valence-corrected chi connectivity index (χ3v) is 7.43. The van der Waals surface area contributed by atoms with Crippen molar-refractivity contribution >= 4 is 63.9 Å². The highest BCUT2D eigenvalue weighted by Crippen LogP contribution is 2.25. The number of aryl methyl sites for hydroxylation is 2. The first-order valence-electron chi connectivity index (χ1n) is 9.65. The van der Waals surface area contributed by atoms with Crippen molar-refractivity contribution in [3.63, 3.8) is 0 Å². The van der Waals surface area contributed by atoms with Gasteiger partial charge in [-0.1, -0.05) is 22.7 Å². The number of thiazole rings is 2. The summed E-state index contributed by atoms with van der Waals surface area (Å²) in [6, 6.07) is 9.16. The molecule has 0 spiro atoms. The Morgan fingerprint density at radius 2 is 1.15 bits per heavy atom. The average Bonchev–Trinajstić information content (AvgIpc) is 3.25. The van der Waals surface area contributed by atoms with E-state index in [1.165, 1.54) is 46.9 Å². The highest BCUT2D eigenvalue weighted by molar-refractivity contribution is 7.81. The summed E-state index contributed by atoms with van der Waals surface area (Å²) in [7, 11) is -9.27. The molecule has 0 fully saturated rings. The average molecular weight is 547 g/mol. The molecule has 4 aromatic rings. The lowest BCUT2D eigenvalue weighted by molar-refractivity contribution is 0.384. The normalized spacial score (nSPS) is 13.8. The van der Waals surface area contributed by atoms with Crippen LogP contribution in [0.5, 0.6) is 11.5 Å². The van der Waals surface area contributed by atoms with Crippen LogP contribution in [0, 0.1) is 0 Å². The van der Waals surface area contributed by atoms with Gasteiger partial charge in [0.15, 0.2) is 0 Å². The van der Waals surface area contributed by atoms with Crippen LogP contribution in [0.15, 0.2) is 46.6 Å². The van der Waals surface area contributed by atoms with Gasteiger partial charge in [-0.15, -0.1) is 10.2 Å². The largest absolute Gasteiger partial charge is 0.446 e. The molecule has 16 heteroatoms. The summed E-state index contributed by atoms with van der Waals surface area (Å²) in [4.78, 5) is 1.11. The third kappa shape index (κ3) is 5.31. The predicted octanol–water partition coefficient (Wildman–Crippen LogP) is 2.54. The number of rotatable bonds is 7. The van der Waals surface area contributed by atoms with Gasteiger partial charge in [0.1, 0.15) is 11.5 Å². The molecule has 0 aliphatic heterocycles. The second-order valence-electron chi connectivity index (χ2n) is 6.74. The summed E-state index contributed by atoms with van der Waals surface area (Å²) in [6.07, 6.45) is 0. The van der Waals surface area contributed by atoms with Gasteiger partial charge in [-0.25, -0.2) is 0 Å². The van der Waals surface area contributed by atoms with E-state index < -0.39 is 20.8 Å². The van der Waals surface area contributed by atoms with Crippen LogP contribution in [0.4, 0.5) is 0 Å². The molecular formula is C18H18N4O8S4. The number of aromatic nitrogens is 2. The number of hydrogen-bond donors (Lipinski definition) is 2. The van der Waals surface area contributed by atoms with Crippen molar-refractivity contribution in [2.45, 2.75) is 26.9 Å². The second-order valence-corrected chi connectivity index (χ2v) is 10.8. The molecule has 2 heterocycles. The van der Waals surface area contributed by atoms with E-state index in [9.17, 15) is 16.8 Å². The minimum Gasteiger partial charge on any atom is -0.362 e. The van der Waals surface area contributed by atoms with Crippen LogP contribution in [-0.2, 0) is 33.9 Å². The fourth-order valence-corrected chi connectivity index (χ4v) is 6.15. The summed E-state index contributed by atoms with van der Waals surface area (Å²) < 4.78 is 76.0. The molecule has 0 saturated heterocycles. The number of hydrogen-bond acceptors (Lipinski definition) is 10. The summed E-state index contributed by atoms with van der Waals surface area (Å²) in [5.74, 6) is -0.0570. The maximum atomic E-state index is 11.0. The Kier molecular flexibility index (Phi) is 6.54. The molecule has 2 N–H and O–H groups in total. The summed E-state index contributed by atoms with van der Waals surface area (Å²) in [5, 5.41) is 8.79. The lowest BCUT2D eigenvalue weighted by Crippen LogP contribution is -2.16. The molecule has 0 bridgehead atoms. The molecule has 2 aromatic carbocycles. The highest BCUT2D eigenvalue weighted by Gasteiger charge is 2.12. The molecule has 4 rings (SSSR count). The molecule has 34 heavy (non-hydrogen) atoms. The van der Waals surface area contributed by atoms with Gasteiger partial charge >= 0.3 is 20.8 Å². The fraction of sp³-hybridized carbons (Fsp3) is 0.222. The molecule has 0 saturated carbocycles. The fourth-order valence-electron chi connectivity index (χ4n) is 3.30. The SMILES string of the molecule is CCn1/c(=N/N=c2/sc3cc(OS(=O)(=O)O)ccc3n2CC)sc2cc(OS(=O)(=O)O)ccc21. The monoisotopic (exact) mass is 546 g/mol. The molecule has 0 aliphatic rings. The van der Waals surface area contributed by atoms with Gasteiger partial charge in [-0.05, 0) is 38.1 Å². The topological polar surface area (TPSA) is 162 Å². The lowest BCUT2D eigenvalue weighted by Gasteiger charge is -2.03. The zero-order valence-corrected chi connectivity index (χ0v) is 20.9. The van der Waals surface area contributed by atoms with Gasteiger partial charge in [-0.3, -0.25) is 9.11 Å². The van der Waals surface area contributed by atoms with E-state index in [1.807, 2.05) is 23.0 Å². The highest BCUT2D eigenvalue weighted by atomic mass is 32.3. The van der Waals surface area contributed by atoms with Crippen molar-refractivity contribution in [1.82, 2.24) is 9.13 Å². The van der Waals surface area contributed by atoms with E-state index in [0.29, 0.717) is 32.1 Å². The molecule has 0 amide bonds. The zero-order valence-electron chi connectivity index (χ0n) is 17.6. The van der Waals surface area contributed by atoms with Crippen molar-refractivity contribution in [1.29, 1.82) is 0 Å². The van der Waals surface area contributed by atoms with Gasteiger partial charge in [0, 0.05) is 25.2 Å². The lowest BCUT2D eigenvalue weighted by atomic mass is 10.3. The van der Waals surface area contributed by atoms with Crippen LogP contribution < -0.4 is 18.0 Å². The van der Waals surface area contributed by atoms with Crippen molar-refractivity contribution in [2.75, 3.05) is 0 Å². The van der Waals surface area contributed by atoms with Crippen LogP contribution >= 0.6 is 22.7 Å². The van der Waals surface area contributed by atoms with E-state index in [0.717, 1.165) is 11.0 Å². The maximum Gasteiger partial charge on any atom is 0.446 e. The third-order valence-electron chi connectivity index (χ3n) is 4.57. The molecule has 0 unspecified atom stereocenters. The van der Waals surface area contributed by atoms with Gasteiger partial charge < -0.3 is 17.5 Å². The van der Waals surface area contributed by atoms with Crippen molar-refractivity contribution < 1.29 is 34.3 Å². The van der Waals surface area contributed by atoms with Crippen molar-refractivity contribution in [3.05, 3.63) is 46.0 Å². The quantitative estimate of drug-likeness (QED) is 0.264. The van der Waals surface area contributed by atoms with Gasteiger partial charge in [0.2, 0.25) is 9.60 Å². The van der Waals surface area contributed by atoms with Crippen LogP contribution in [0.3, 0.4) is 0 Å². The summed E-state index contributed by atoms with van der Waals surface area (Å²) in [6.45, 7) is 5.00. The first kappa shape index (κ1) is 24.4. The molecule has 2 aromatic heterocycles.